The van der Waals surface area contributed by atoms with Crippen LogP contribution in [0.3, 0.4) is 0 Å². The van der Waals surface area contributed by atoms with Gasteiger partial charge in [-0.15, -0.1) is 0 Å². The molecule has 1 aromatic carbocycles. The summed E-state index contributed by atoms with van der Waals surface area (Å²) in [5.41, 5.74) is 1.11. The number of nitrogens with zero attached hydrogens (tertiary/aromatic N) is 1. The minimum atomic E-state index is -0.191. The highest BCUT2D eigenvalue weighted by Crippen LogP contribution is 2.27. The number of carbonyl (C=O) groups is 1. The van der Waals surface area contributed by atoms with Gasteiger partial charge >= 0.3 is 0 Å². The van der Waals surface area contributed by atoms with Crippen molar-refractivity contribution in [2.75, 3.05) is 20.3 Å². The Morgan fingerprint density at radius 2 is 2.18 bits per heavy atom. The fraction of sp³-hybridized carbons (Fsp3) is 0.375. The molecule has 116 valence electrons. The maximum Gasteiger partial charge on any atom is 0.275 e. The molecule has 0 unspecified atom stereocenters. The first kappa shape index (κ1) is 15.1. The predicted octanol–water partition coefficient (Wildman–Crippen LogP) is 2.64. The number of ether oxygens (including phenoxy) is 2. The lowest BCUT2D eigenvalue weighted by atomic mass is 9.99. The van der Waals surface area contributed by atoms with E-state index in [-0.39, 0.29) is 11.8 Å². The summed E-state index contributed by atoms with van der Waals surface area (Å²) in [6, 6.07) is 5.27. The third-order valence-electron chi connectivity index (χ3n) is 3.81. The van der Waals surface area contributed by atoms with Gasteiger partial charge in [0.25, 0.3) is 5.91 Å². The lowest BCUT2D eigenvalue weighted by Crippen LogP contribution is -2.33. The SMILES string of the molecule is COc1ccc(Cl)cc1/C=C1/N=C(C2CCOCC2)NC1=O. The molecule has 0 aliphatic carbocycles. The highest BCUT2D eigenvalue weighted by atomic mass is 35.5. The van der Waals surface area contributed by atoms with Crippen LogP contribution in [0.25, 0.3) is 6.08 Å². The molecular weight excluding hydrogens is 304 g/mol. The predicted molar refractivity (Wildman–Crippen MR) is 85.1 cm³/mol. The molecule has 0 spiro atoms. The Kier molecular flexibility index (Phi) is 4.45. The first-order valence-corrected chi connectivity index (χ1v) is 7.58. The molecule has 22 heavy (non-hydrogen) atoms. The number of amidine groups is 1. The molecule has 2 aliphatic rings. The molecule has 3 rings (SSSR count). The summed E-state index contributed by atoms with van der Waals surface area (Å²) in [6.45, 7) is 1.42. The van der Waals surface area contributed by atoms with E-state index < -0.39 is 0 Å². The van der Waals surface area contributed by atoms with Gasteiger partial charge in [0.05, 0.1) is 7.11 Å². The fourth-order valence-corrected chi connectivity index (χ4v) is 2.80. The van der Waals surface area contributed by atoms with Crippen molar-refractivity contribution in [2.24, 2.45) is 10.9 Å². The number of halogens is 1. The van der Waals surface area contributed by atoms with E-state index in [9.17, 15) is 4.79 Å². The summed E-state index contributed by atoms with van der Waals surface area (Å²) in [5.74, 6) is 1.45. The summed E-state index contributed by atoms with van der Waals surface area (Å²) >= 11 is 6.01. The van der Waals surface area contributed by atoms with Crippen molar-refractivity contribution < 1.29 is 14.3 Å². The van der Waals surface area contributed by atoms with Crippen molar-refractivity contribution in [3.05, 3.63) is 34.5 Å². The van der Waals surface area contributed by atoms with Crippen LogP contribution in [0.2, 0.25) is 5.02 Å². The fourth-order valence-electron chi connectivity index (χ4n) is 2.62. The molecule has 0 bridgehead atoms. The van der Waals surface area contributed by atoms with Crippen LogP contribution in [0, 0.1) is 5.92 Å². The van der Waals surface area contributed by atoms with Gasteiger partial charge in [-0.1, -0.05) is 11.6 Å². The number of aliphatic imine (C=N–C) groups is 1. The lowest BCUT2D eigenvalue weighted by Gasteiger charge is -2.21. The van der Waals surface area contributed by atoms with Gasteiger partial charge in [0.15, 0.2) is 0 Å². The van der Waals surface area contributed by atoms with Gasteiger partial charge in [-0.25, -0.2) is 4.99 Å². The van der Waals surface area contributed by atoms with Gasteiger partial charge in [0.2, 0.25) is 0 Å². The first-order chi connectivity index (χ1) is 10.7. The molecule has 0 atom stereocenters. The Balaban J connectivity index is 1.89. The van der Waals surface area contributed by atoms with Gasteiger partial charge in [0, 0.05) is 29.7 Å². The van der Waals surface area contributed by atoms with Crippen molar-refractivity contribution in [1.82, 2.24) is 5.32 Å². The normalized spacial score (nSPS) is 20.9. The largest absolute Gasteiger partial charge is 0.496 e. The van der Waals surface area contributed by atoms with E-state index in [2.05, 4.69) is 10.3 Å². The van der Waals surface area contributed by atoms with Crippen LogP contribution < -0.4 is 10.1 Å². The van der Waals surface area contributed by atoms with Crippen LogP contribution in [0.4, 0.5) is 0 Å². The second-order valence-electron chi connectivity index (χ2n) is 5.25. The van der Waals surface area contributed by atoms with E-state index in [4.69, 9.17) is 21.1 Å². The second-order valence-corrected chi connectivity index (χ2v) is 5.69. The van der Waals surface area contributed by atoms with E-state index >= 15 is 0 Å². The number of hydrogen-bond acceptors (Lipinski definition) is 4. The number of benzene rings is 1. The Morgan fingerprint density at radius 1 is 1.41 bits per heavy atom. The molecular formula is C16H17ClN2O3. The number of carbonyl (C=O) groups excluding carboxylic acids is 1. The third-order valence-corrected chi connectivity index (χ3v) is 4.04. The summed E-state index contributed by atoms with van der Waals surface area (Å²) in [4.78, 5) is 16.6. The zero-order valence-electron chi connectivity index (χ0n) is 12.3. The molecule has 2 aliphatic heterocycles. The van der Waals surface area contributed by atoms with E-state index in [1.54, 1.807) is 31.4 Å². The van der Waals surface area contributed by atoms with Gasteiger partial charge < -0.3 is 14.8 Å². The molecule has 1 saturated heterocycles. The minimum absolute atomic E-state index is 0.191. The topological polar surface area (TPSA) is 59.9 Å². The average Bonchev–Trinajstić information content (AvgIpc) is 2.90. The summed E-state index contributed by atoms with van der Waals surface area (Å²) in [7, 11) is 1.58. The third kappa shape index (κ3) is 3.15. The molecule has 1 amide bonds. The highest BCUT2D eigenvalue weighted by Gasteiger charge is 2.28. The Hall–Kier alpha value is -1.85. The van der Waals surface area contributed by atoms with E-state index in [0.717, 1.165) is 24.2 Å². The summed E-state index contributed by atoms with van der Waals surface area (Å²) in [5, 5.41) is 3.44. The van der Waals surface area contributed by atoms with Crippen molar-refractivity contribution in [1.29, 1.82) is 0 Å². The van der Waals surface area contributed by atoms with Gasteiger partial charge in [-0.2, -0.15) is 0 Å². The molecule has 5 nitrogen and oxygen atoms in total. The number of hydrogen-bond donors (Lipinski definition) is 1. The Bertz CT molecular complexity index is 649. The molecule has 2 heterocycles. The van der Waals surface area contributed by atoms with Crippen molar-refractivity contribution in [3.8, 4) is 5.75 Å². The Labute approximate surface area is 134 Å². The highest BCUT2D eigenvalue weighted by molar-refractivity contribution is 6.30. The summed E-state index contributed by atoms with van der Waals surface area (Å²) < 4.78 is 10.6. The van der Waals surface area contributed by atoms with Crippen molar-refractivity contribution in [3.63, 3.8) is 0 Å². The smallest absolute Gasteiger partial charge is 0.275 e. The maximum absolute atomic E-state index is 12.1. The molecule has 0 aromatic heterocycles. The molecule has 1 aromatic rings. The minimum Gasteiger partial charge on any atom is -0.496 e. The number of amides is 1. The quantitative estimate of drug-likeness (QED) is 0.871. The van der Waals surface area contributed by atoms with E-state index in [0.29, 0.717) is 29.7 Å². The van der Waals surface area contributed by atoms with E-state index in [1.807, 2.05) is 0 Å². The van der Waals surface area contributed by atoms with Crippen LogP contribution in [0.5, 0.6) is 5.75 Å². The van der Waals surface area contributed by atoms with Crippen LogP contribution in [0.15, 0.2) is 28.9 Å². The lowest BCUT2D eigenvalue weighted by molar-refractivity contribution is -0.115. The monoisotopic (exact) mass is 320 g/mol. The zero-order valence-corrected chi connectivity index (χ0v) is 13.0. The van der Waals surface area contributed by atoms with Gasteiger partial charge in [-0.3, -0.25) is 4.79 Å². The van der Waals surface area contributed by atoms with E-state index in [1.165, 1.54) is 0 Å². The average molecular weight is 321 g/mol. The van der Waals surface area contributed by atoms with Crippen molar-refractivity contribution >= 4 is 29.4 Å². The van der Waals surface area contributed by atoms with Gasteiger partial charge in [-0.05, 0) is 37.1 Å². The van der Waals surface area contributed by atoms with Crippen LogP contribution in [0.1, 0.15) is 18.4 Å². The molecule has 0 saturated carbocycles. The Morgan fingerprint density at radius 3 is 2.91 bits per heavy atom. The zero-order chi connectivity index (χ0) is 15.5. The van der Waals surface area contributed by atoms with Crippen molar-refractivity contribution in [2.45, 2.75) is 12.8 Å². The van der Waals surface area contributed by atoms with Crippen LogP contribution in [-0.4, -0.2) is 32.1 Å². The number of methoxy groups -OCH3 is 1. The van der Waals surface area contributed by atoms with Gasteiger partial charge in [0.1, 0.15) is 17.3 Å². The molecule has 0 radical (unpaired) electrons. The maximum atomic E-state index is 12.1. The molecule has 1 N–H and O–H groups in total. The van der Waals surface area contributed by atoms with Crippen LogP contribution in [-0.2, 0) is 9.53 Å². The molecule has 1 fully saturated rings. The second kappa shape index (κ2) is 6.50. The number of nitrogens with one attached hydrogen (secondary N) is 1. The molecule has 6 heteroatoms. The standard InChI is InChI=1S/C16H17ClN2O3/c1-21-14-3-2-12(17)8-11(14)9-13-16(20)19-15(18-13)10-4-6-22-7-5-10/h2-3,8-10H,4-7H2,1H3,(H,18,19,20)/b13-9+. The number of rotatable bonds is 3. The van der Waals surface area contributed by atoms with Crippen LogP contribution >= 0.6 is 11.6 Å². The summed E-state index contributed by atoms with van der Waals surface area (Å²) in [6.07, 6.45) is 3.46. The first-order valence-electron chi connectivity index (χ1n) is 7.20.